The van der Waals surface area contributed by atoms with Crippen LogP contribution >= 0.6 is 0 Å². The van der Waals surface area contributed by atoms with Crippen molar-refractivity contribution in [1.29, 1.82) is 0 Å². The number of hydrogen-bond donors (Lipinski definition) is 1. The van der Waals surface area contributed by atoms with Gasteiger partial charge in [-0.25, -0.2) is 9.59 Å². The number of hydrogen-bond acceptors (Lipinski definition) is 3. The summed E-state index contributed by atoms with van der Waals surface area (Å²) in [6, 6.07) is -0.725. The zero-order valence-corrected chi connectivity index (χ0v) is 10.5. The van der Waals surface area contributed by atoms with Crippen molar-refractivity contribution in [2.75, 3.05) is 13.2 Å². The molecule has 1 atom stereocenters. The van der Waals surface area contributed by atoms with Gasteiger partial charge in [-0.05, 0) is 18.8 Å². The third kappa shape index (κ3) is 4.24. The lowest BCUT2D eigenvalue weighted by Crippen LogP contribution is -2.45. The van der Waals surface area contributed by atoms with Crippen LogP contribution in [0.2, 0.25) is 0 Å². The molecule has 1 heterocycles. The average Bonchev–Trinajstić information content (AvgIpc) is 2.50. The average molecular weight is 243 g/mol. The molecule has 1 amide bonds. The predicted octanol–water partition coefficient (Wildman–Crippen LogP) is 2.11. The maximum Gasteiger partial charge on any atom is 0.410 e. The molecule has 0 aliphatic carbocycles. The summed E-state index contributed by atoms with van der Waals surface area (Å²) >= 11 is 0. The maximum absolute atomic E-state index is 11.8. The van der Waals surface area contributed by atoms with Crippen molar-refractivity contribution in [3.05, 3.63) is 0 Å². The molecule has 1 N–H and O–H groups in total. The van der Waals surface area contributed by atoms with Gasteiger partial charge in [0.05, 0.1) is 6.61 Å². The van der Waals surface area contributed by atoms with E-state index in [9.17, 15) is 9.59 Å². The third-order valence-corrected chi connectivity index (χ3v) is 2.81. The van der Waals surface area contributed by atoms with E-state index in [0.717, 1.165) is 19.3 Å². The highest BCUT2D eigenvalue weighted by Crippen LogP contribution is 2.18. The van der Waals surface area contributed by atoms with Gasteiger partial charge >= 0.3 is 12.1 Å². The Bertz CT molecular complexity index is 278. The van der Waals surface area contributed by atoms with E-state index in [1.165, 1.54) is 4.90 Å². The summed E-state index contributed by atoms with van der Waals surface area (Å²) in [5.74, 6) is -0.678. The Kier molecular flexibility index (Phi) is 5.25. The highest BCUT2D eigenvalue weighted by Gasteiger charge is 2.31. The molecule has 1 aliphatic heterocycles. The molecule has 1 rings (SSSR count). The van der Waals surface area contributed by atoms with Crippen molar-refractivity contribution in [1.82, 2.24) is 4.90 Å². The standard InChI is InChI=1S/C12H21NO4/c1-9(2)8-17-12(16)13-7-5-3-4-6-10(13)11(14)15/h9-10H,3-8H2,1-2H3,(H,14,15). The Hall–Kier alpha value is -1.26. The zero-order chi connectivity index (χ0) is 12.8. The van der Waals surface area contributed by atoms with E-state index in [0.29, 0.717) is 19.6 Å². The quantitative estimate of drug-likeness (QED) is 0.824. The van der Waals surface area contributed by atoms with Gasteiger partial charge in [-0.15, -0.1) is 0 Å². The molecule has 98 valence electrons. The SMILES string of the molecule is CC(C)COC(=O)N1CCCCCC1C(=O)O. The Morgan fingerprint density at radius 3 is 2.65 bits per heavy atom. The number of nitrogens with zero attached hydrogens (tertiary/aromatic N) is 1. The Balaban J connectivity index is 2.62. The van der Waals surface area contributed by atoms with Crippen LogP contribution in [-0.2, 0) is 9.53 Å². The molecular weight excluding hydrogens is 222 g/mol. The number of carboxylic acids is 1. The molecule has 17 heavy (non-hydrogen) atoms. The maximum atomic E-state index is 11.8. The second kappa shape index (κ2) is 6.47. The Morgan fingerprint density at radius 2 is 2.06 bits per heavy atom. The van der Waals surface area contributed by atoms with Crippen LogP contribution in [0.5, 0.6) is 0 Å². The summed E-state index contributed by atoms with van der Waals surface area (Å²) in [7, 11) is 0. The number of rotatable bonds is 3. The number of carboxylic acid groups (broad SMARTS) is 1. The van der Waals surface area contributed by atoms with Crippen LogP contribution in [0.15, 0.2) is 0 Å². The molecule has 1 aliphatic rings. The van der Waals surface area contributed by atoms with Crippen molar-refractivity contribution < 1.29 is 19.4 Å². The molecule has 0 aromatic carbocycles. The summed E-state index contributed by atoms with van der Waals surface area (Å²) in [6.45, 7) is 4.71. The van der Waals surface area contributed by atoms with Crippen molar-refractivity contribution in [3.63, 3.8) is 0 Å². The van der Waals surface area contributed by atoms with Crippen molar-refractivity contribution in [3.8, 4) is 0 Å². The van der Waals surface area contributed by atoms with E-state index in [2.05, 4.69) is 0 Å². The van der Waals surface area contributed by atoms with E-state index in [-0.39, 0.29) is 5.92 Å². The smallest absolute Gasteiger partial charge is 0.410 e. The number of likely N-dealkylation sites (tertiary alicyclic amines) is 1. The van der Waals surface area contributed by atoms with Gasteiger partial charge in [-0.2, -0.15) is 0 Å². The van der Waals surface area contributed by atoms with E-state index >= 15 is 0 Å². The predicted molar refractivity (Wildman–Crippen MR) is 62.8 cm³/mol. The number of aliphatic carboxylic acids is 1. The topological polar surface area (TPSA) is 66.8 Å². The summed E-state index contributed by atoms with van der Waals surface area (Å²) < 4.78 is 5.10. The summed E-state index contributed by atoms with van der Waals surface area (Å²) in [6.07, 6.45) is 2.70. The second-order valence-electron chi connectivity index (χ2n) is 4.87. The fourth-order valence-corrected chi connectivity index (χ4v) is 1.90. The molecule has 5 nitrogen and oxygen atoms in total. The minimum Gasteiger partial charge on any atom is -0.480 e. The van der Waals surface area contributed by atoms with Gasteiger partial charge in [0.15, 0.2) is 0 Å². The highest BCUT2D eigenvalue weighted by atomic mass is 16.6. The first-order valence-electron chi connectivity index (χ1n) is 6.18. The lowest BCUT2D eigenvalue weighted by atomic mass is 10.1. The number of ether oxygens (including phenoxy) is 1. The first kappa shape index (κ1) is 13.8. The molecule has 0 spiro atoms. The van der Waals surface area contributed by atoms with E-state index in [4.69, 9.17) is 9.84 Å². The van der Waals surface area contributed by atoms with Crippen LogP contribution in [0.1, 0.15) is 39.5 Å². The summed E-state index contributed by atoms with van der Waals surface area (Å²) in [4.78, 5) is 24.3. The van der Waals surface area contributed by atoms with Crippen molar-refractivity contribution >= 4 is 12.1 Å². The Morgan fingerprint density at radius 1 is 1.35 bits per heavy atom. The molecule has 5 heteroatoms. The molecule has 1 fully saturated rings. The molecule has 0 saturated carbocycles. The fourth-order valence-electron chi connectivity index (χ4n) is 1.90. The highest BCUT2D eigenvalue weighted by molar-refractivity contribution is 5.80. The molecule has 1 saturated heterocycles. The van der Waals surface area contributed by atoms with Crippen molar-refractivity contribution in [2.24, 2.45) is 5.92 Å². The van der Waals surface area contributed by atoms with Crippen molar-refractivity contribution in [2.45, 2.75) is 45.6 Å². The molecule has 0 aromatic heterocycles. The van der Waals surface area contributed by atoms with E-state index in [1.807, 2.05) is 13.8 Å². The van der Waals surface area contributed by atoms with Crippen LogP contribution in [-0.4, -0.2) is 41.3 Å². The first-order valence-corrected chi connectivity index (χ1v) is 6.18. The largest absolute Gasteiger partial charge is 0.480 e. The van der Waals surface area contributed by atoms with Gasteiger partial charge in [-0.1, -0.05) is 26.7 Å². The number of carbonyl (C=O) groups excluding carboxylic acids is 1. The van der Waals surface area contributed by atoms with Crippen LogP contribution < -0.4 is 0 Å². The van der Waals surface area contributed by atoms with E-state index < -0.39 is 18.1 Å². The van der Waals surface area contributed by atoms with Gasteiger partial charge in [0.1, 0.15) is 6.04 Å². The molecule has 0 radical (unpaired) electrons. The second-order valence-corrected chi connectivity index (χ2v) is 4.87. The van der Waals surface area contributed by atoms with Gasteiger partial charge in [-0.3, -0.25) is 4.90 Å². The lowest BCUT2D eigenvalue weighted by molar-refractivity contribution is -0.142. The fraction of sp³-hybridized carbons (Fsp3) is 0.833. The van der Waals surface area contributed by atoms with Crippen LogP contribution in [0, 0.1) is 5.92 Å². The van der Waals surface area contributed by atoms with Crippen LogP contribution in [0.25, 0.3) is 0 Å². The van der Waals surface area contributed by atoms with Gasteiger partial charge in [0, 0.05) is 6.54 Å². The zero-order valence-electron chi connectivity index (χ0n) is 10.5. The van der Waals surface area contributed by atoms with Gasteiger partial charge in [0.2, 0.25) is 0 Å². The molecule has 0 aromatic rings. The molecule has 1 unspecified atom stereocenters. The summed E-state index contributed by atoms with van der Waals surface area (Å²) in [5.41, 5.74) is 0. The summed E-state index contributed by atoms with van der Waals surface area (Å²) in [5, 5.41) is 9.11. The third-order valence-electron chi connectivity index (χ3n) is 2.81. The van der Waals surface area contributed by atoms with Gasteiger partial charge < -0.3 is 9.84 Å². The van der Waals surface area contributed by atoms with Crippen LogP contribution in [0.4, 0.5) is 4.79 Å². The van der Waals surface area contributed by atoms with E-state index in [1.54, 1.807) is 0 Å². The minimum atomic E-state index is -0.937. The van der Waals surface area contributed by atoms with Gasteiger partial charge in [0.25, 0.3) is 0 Å². The minimum absolute atomic E-state index is 0.259. The lowest BCUT2D eigenvalue weighted by Gasteiger charge is -2.26. The first-order chi connectivity index (χ1) is 8.02. The Labute approximate surface area is 102 Å². The molecular formula is C12H21NO4. The number of amides is 1. The molecule has 0 bridgehead atoms. The normalized spacial score (nSPS) is 21.1. The van der Waals surface area contributed by atoms with Crippen LogP contribution in [0.3, 0.4) is 0 Å². The monoisotopic (exact) mass is 243 g/mol. The number of carbonyl (C=O) groups is 2.